The number of aromatic nitrogens is 5. The van der Waals surface area contributed by atoms with E-state index < -0.39 is 0 Å². The molecule has 1 aliphatic rings. The van der Waals surface area contributed by atoms with Crippen molar-refractivity contribution in [3.8, 4) is 11.3 Å². The first-order chi connectivity index (χ1) is 14.6. The summed E-state index contributed by atoms with van der Waals surface area (Å²) in [6.07, 6.45) is 14.2. The topological polar surface area (TPSA) is 104 Å². The lowest BCUT2D eigenvalue weighted by molar-refractivity contribution is 0.0445. The van der Waals surface area contributed by atoms with E-state index in [1.54, 1.807) is 10.7 Å². The predicted octanol–water partition coefficient (Wildman–Crippen LogP) is 3.30. The van der Waals surface area contributed by atoms with Crippen LogP contribution in [0.4, 0.5) is 0 Å². The summed E-state index contributed by atoms with van der Waals surface area (Å²) >= 11 is 0. The van der Waals surface area contributed by atoms with Gasteiger partial charge in [-0.3, -0.25) is 4.68 Å². The molecule has 3 heterocycles. The molecule has 8 nitrogen and oxygen atoms in total. The molecule has 3 N–H and O–H groups in total. The molecule has 0 spiro atoms. The standard InChI is InChI=1S/C22H29N7O/c1-3-18(4-2)28-13-17(12-26-28)22-21-5-6-25-29(21)14-20(27-22)16(9-23)11-24-10-15-7-19(30)8-15/h5-6,9,11-15,18-19,23-24,30H,3-4,7-8,10H2,1-2H3/b16-11+,23-9?/t15-,19+. The lowest BCUT2D eigenvalue weighted by atomic mass is 9.82. The Morgan fingerprint density at radius 1 is 1.30 bits per heavy atom. The molecule has 30 heavy (non-hydrogen) atoms. The van der Waals surface area contributed by atoms with Crippen LogP contribution in [-0.4, -0.2) is 48.3 Å². The van der Waals surface area contributed by atoms with E-state index >= 15 is 0 Å². The van der Waals surface area contributed by atoms with Gasteiger partial charge in [0.25, 0.3) is 0 Å². The van der Waals surface area contributed by atoms with Gasteiger partial charge in [-0.05, 0) is 37.7 Å². The number of allylic oxidation sites excluding steroid dienone is 1. The van der Waals surface area contributed by atoms with Crippen molar-refractivity contribution in [1.29, 1.82) is 5.41 Å². The molecule has 0 bridgehead atoms. The van der Waals surface area contributed by atoms with Crippen LogP contribution in [0.2, 0.25) is 0 Å². The number of hydrogen-bond acceptors (Lipinski definition) is 6. The highest BCUT2D eigenvalue weighted by atomic mass is 16.3. The molecule has 0 aliphatic heterocycles. The zero-order valence-electron chi connectivity index (χ0n) is 17.5. The average Bonchev–Trinajstić information content (AvgIpc) is 3.39. The number of rotatable bonds is 9. The molecule has 8 heteroatoms. The molecule has 3 aromatic rings. The van der Waals surface area contributed by atoms with Crippen LogP contribution in [0, 0.1) is 11.3 Å². The van der Waals surface area contributed by atoms with Crippen LogP contribution in [0.3, 0.4) is 0 Å². The second-order valence-corrected chi connectivity index (χ2v) is 7.96. The summed E-state index contributed by atoms with van der Waals surface area (Å²) in [6.45, 7) is 5.12. The quantitative estimate of drug-likeness (QED) is 0.472. The van der Waals surface area contributed by atoms with E-state index in [4.69, 9.17) is 10.4 Å². The van der Waals surface area contributed by atoms with E-state index in [1.807, 2.05) is 35.5 Å². The Labute approximate surface area is 176 Å². The molecule has 1 aliphatic carbocycles. The summed E-state index contributed by atoms with van der Waals surface area (Å²) < 4.78 is 3.81. The Morgan fingerprint density at radius 2 is 2.10 bits per heavy atom. The van der Waals surface area contributed by atoms with Gasteiger partial charge in [-0.2, -0.15) is 10.2 Å². The Morgan fingerprint density at radius 3 is 2.80 bits per heavy atom. The fourth-order valence-corrected chi connectivity index (χ4v) is 3.99. The molecule has 0 atom stereocenters. The fourth-order valence-electron chi connectivity index (χ4n) is 3.99. The normalized spacial score (nSPS) is 19.3. The molecule has 3 aromatic heterocycles. The second kappa shape index (κ2) is 8.79. The van der Waals surface area contributed by atoms with Crippen LogP contribution in [-0.2, 0) is 0 Å². The van der Waals surface area contributed by atoms with Crippen molar-refractivity contribution >= 4 is 17.3 Å². The first-order valence-electron chi connectivity index (χ1n) is 10.6. The maximum absolute atomic E-state index is 9.43. The zero-order valence-corrected chi connectivity index (χ0v) is 17.5. The number of aliphatic hydroxyl groups is 1. The van der Waals surface area contributed by atoms with E-state index in [0.717, 1.165) is 49.0 Å². The first kappa shape index (κ1) is 20.3. The maximum atomic E-state index is 9.43. The third-order valence-corrected chi connectivity index (χ3v) is 5.91. The van der Waals surface area contributed by atoms with Crippen molar-refractivity contribution in [2.45, 2.75) is 51.7 Å². The molecule has 1 fully saturated rings. The summed E-state index contributed by atoms with van der Waals surface area (Å²) in [5, 5.41) is 29.5. The summed E-state index contributed by atoms with van der Waals surface area (Å²) in [5.41, 5.74) is 4.00. The van der Waals surface area contributed by atoms with Crippen LogP contribution >= 0.6 is 0 Å². The van der Waals surface area contributed by atoms with E-state index in [2.05, 4.69) is 29.4 Å². The van der Waals surface area contributed by atoms with Gasteiger partial charge in [0.05, 0.1) is 47.6 Å². The highest BCUT2D eigenvalue weighted by molar-refractivity contribution is 6.07. The Hall–Kier alpha value is -3.00. The Bertz CT molecular complexity index is 1040. The molecular weight excluding hydrogens is 378 g/mol. The largest absolute Gasteiger partial charge is 0.393 e. The lowest BCUT2D eigenvalue weighted by Crippen LogP contribution is -2.34. The number of fused-ring (bicyclic) bond motifs is 1. The third kappa shape index (κ3) is 4.00. The molecule has 0 aromatic carbocycles. The average molecular weight is 408 g/mol. The smallest absolute Gasteiger partial charge is 0.0999 e. The van der Waals surface area contributed by atoms with E-state index in [9.17, 15) is 5.11 Å². The van der Waals surface area contributed by atoms with Gasteiger partial charge in [-0.1, -0.05) is 13.8 Å². The molecule has 0 unspecified atom stereocenters. The minimum Gasteiger partial charge on any atom is -0.393 e. The Kier molecular flexibility index (Phi) is 5.94. The van der Waals surface area contributed by atoms with Crippen molar-refractivity contribution in [3.05, 3.63) is 42.7 Å². The zero-order chi connectivity index (χ0) is 21.1. The van der Waals surface area contributed by atoms with Crippen molar-refractivity contribution < 1.29 is 5.11 Å². The number of nitrogens with one attached hydrogen (secondary N) is 2. The predicted molar refractivity (Wildman–Crippen MR) is 117 cm³/mol. The summed E-state index contributed by atoms with van der Waals surface area (Å²) in [5.74, 6) is 0.483. The first-order valence-corrected chi connectivity index (χ1v) is 10.6. The van der Waals surface area contributed by atoms with Gasteiger partial charge in [0.1, 0.15) is 0 Å². The molecule has 0 saturated heterocycles. The van der Waals surface area contributed by atoms with Crippen LogP contribution in [0.5, 0.6) is 0 Å². The maximum Gasteiger partial charge on any atom is 0.0999 e. The minimum atomic E-state index is -0.157. The van der Waals surface area contributed by atoms with Crippen LogP contribution in [0.25, 0.3) is 22.3 Å². The van der Waals surface area contributed by atoms with Crippen molar-refractivity contribution in [2.24, 2.45) is 5.92 Å². The monoisotopic (exact) mass is 407 g/mol. The molecule has 0 amide bonds. The van der Waals surface area contributed by atoms with Gasteiger partial charge in [-0.25, -0.2) is 9.50 Å². The number of aliphatic hydroxyl groups excluding tert-OH is 1. The van der Waals surface area contributed by atoms with Gasteiger partial charge in [0.15, 0.2) is 0 Å². The van der Waals surface area contributed by atoms with Crippen molar-refractivity contribution in [2.75, 3.05) is 6.54 Å². The molecular formula is C22H29N7O. The van der Waals surface area contributed by atoms with Crippen molar-refractivity contribution in [1.82, 2.24) is 29.7 Å². The van der Waals surface area contributed by atoms with E-state index in [1.165, 1.54) is 6.21 Å². The minimum absolute atomic E-state index is 0.157. The molecule has 1 saturated carbocycles. The van der Waals surface area contributed by atoms with Gasteiger partial charge >= 0.3 is 0 Å². The van der Waals surface area contributed by atoms with Gasteiger partial charge in [0, 0.05) is 36.3 Å². The molecule has 158 valence electrons. The Balaban J connectivity index is 1.64. The summed E-state index contributed by atoms with van der Waals surface area (Å²) in [4.78, 5) is 4.87. The second-order valence-electron chi connectivity index (χ2n) is 7.96. The number of hydrogen-bond donors (Lipinski definition) is 3. The van der Waals surface area contributed by atoms with Crippen LogP contribution in [0.15, 0.2) is 37.1 Å². The number of nitrogens with zero attached hydrogens (tertiary/aromatic N) is 5. The van der Waals surface area contributed by atoms with Gasteiger partial charge in [0.2, 0.25) is 0 Å². The molecule has 4 rings (SSSR count). The highest BCUT2D eigenvalue weighted by Crippen LogP contribution is 2.27. The SMILES string of the molecule is CCC(CC)n1cc(-c2nc(/C(C=N)=C/NC[C@H]3C[C@@H](O)C3)cn3nccc23)cn1. The van der Waals surface area contributed by atoms with E-state index in [-0.39, 0.29) is 6.10 Å². The lowest BCUT2D eigenvalue weighted by Gasteiger charge is -2.31. The summed E-state index contributed by atoms with van der Waals surface area (Å²) in [6, 6.07) is 2.31. The van der Waals surface area contributed by atoms with Crippen LogP contribution in [0.1, 0.15) is 51.3 Å². The van der Waals surface area contributed by atoms with Gasteiger partial charge in [-0.15, -0.1) is 0 Å². The van der Waals surface area contributed by atoms with E-state index in [0.29, 0.717) is 23.2 Å². The highest BCUT2D eigenvalue weighted by Gasteiger charge is 2.26. The molecule has 0 radical (unpaired) electrons. The van der Waals surface area contributed by atoms with Crippen molar-refractivity contribution in [3.63, 3.8) is 0 Å². The fraction of sp³-hybridized carbons (Fsp3) is 0.455. The van der Waals surface area contributed by atoms with Crippen LogP contribution < -0.4 is 5.32 Å². The van der Waals surface area contributed by atoms with Gasteiger partial charge < -0.3 is 15.8 Å². The third-order valence-electron chi connectivity index (χ3n) is 5.91. The summed E-state index contributed by atoms with van der Waals surface area (Å²) in [7, 11) is 0.